The second-order valence-corrected chi connectivity index (χ2v) is 9.63. The fourth-order valence-electron chi connectivity index (χ4n) is 4.92. The lowest BCUT2D eigenvalue weighted by atomic mass is 10.0. The zero-order valence-corrected chi connectivity index (χ0v) is 19.6. The van der Waals surface area contributed by atoms with Gasteiger partial charge in [-0.2, -0.15) is 0 Å². The van der Waals surface area contributed by atoms with Crippen molar-refractivity contribution in [1.29, 1.82) is 0 Å². The van der Waals surface area contributed by atoms with E-state index in [-0.39, 0.29) is 23.9 Å². The number of amides is 2. The Morgan fingerprint density at radius 1 is 1.09 bits per heavy atom. The molecule has 3 heterocycles. The second-order valence-electron chi connectivity index (χ2n) is 8.60. The first-order valence-corrected chi connectivity index (χ1v) is 12.5. The van der Waals surface area contributed by atoms with E-state index in [4.69, 9.17) is 4.74 Å². The molecule has 2 fully saturated rings. The molecule has 2 amide bonds. The molecule has 7 heteroatoms. The van der Waals surface area contributed by atoms with E-state index >= 15 is 0 Å². The third-order valence-corrected chi connectivity index (χ3v) is 7.46. The van der Waals surface area contributed by atoms with E-state index < -0.39 is 0 Å². The van der Waals surface area contributed by atoms with Gasteiger partial charge in [-0.1, -0.05) is 30.7 Å². The van der Waals surface area contributed by atoms with Crippen LogP contribution in [-0.4, -0.2) is 60.9 Å². The first kappa shape index (κ1) is 22.8. The summed E-state index contributed by atoms with van der Waals surface area (Å²) in [6, 6.07) is 11.7. The SMILES string of the molecule is COc1ccccc1C(CNC(=O)C1CCCN1C(=O)Cc1cccs1)N1CCCCC1. The highest BCUT2D eigenvalue weighted by atomic mass is 32.1. The van der Waals surface area contributed by atoms with Gasteiger partial charge < -0.3 is 15.0 Å². The largest absolute Gasteiger partial charge is 0.496 e. The van der Waals surface area contributed by atoms with Crippen LogP contribution in [-0.2, 0) is 16.0 Å². The summed E-state index contributed by atoms with van der Waals surface area (Å²) < 4.78 is 5.63. The molecule has 1 aromatic carbocycles. The van der Waals surface area contributed by atoms with Gasteiger partial charge in [-0.3, -0.25) is 14.5 Å². The number of likely N-dealkylation sites (tertiary alicyclic amines) is 2. The number of para-hydroxylation sites is 1. The average Bonchev–Trinajstić information content (AvgIpc) is 3.52. The van der Waals surface area contributed by atoms with Crippen molar-refractivity contribution in [3.63, 3.8) is 0 Å². The Kier molecular flexibility index (Phi) is 7.81. The molecular formula is C25H33N3O3S. The molecule has 2 aliphatic rings. The average molecular weight is 456 g/mol. The molecule has 2 unspecified atom stereocenters. The molecule has 2 aromatic rings. The van der Waals surface area contributed by atoms with Crippen LogP contribution in [0.5, 0.6) is 5.75 Å². The molecule has 2 saturated heterocycles. The number of benzene rings is 1. The van der Waals surface area contributed by atoms with E-state index in [0.29, 0.717) is 19.5 Å². The summed E-state index contributed by atoms with van der Waals surface area (Å²) in [5, 5.41) is 5.17. The molecule has 32 heavy (non-hydrogen) atoms. The first-order valence-electron chi connectivity index (χ1n) is 11.6. The summed E-state index contributed by atoms with van der Waals surface area (Å²) in [6.07, 6.45) is 5.58. The third kappa shape index (κ3) is 5.33. The van der Waals surface area contributed by atoms with E-state index in [1.165, 1.54) is 19.3 Å². The monoisotopic (exact) mass is 455 g/mol. The number of thiophene rings is 1. The van der Waals surface area contributed by atoms with Crippen LogP contribution in [0, 0.1) is 0 Å². The summed E-state index contributed by atoms with van der Waals surface area (Å²) in [4.78, 5) is 31.3. The van der Waals surface area contributed by atoms with Crippen LogP contribution in [0.15, 0.2) is 41.8 Å². The van der Waals surface area contributed by atoms with Crippen molar-refractivity contribution in [2.45, 2.75) is 50.6 Å². The van der Waals surface area contributed by atoms with E-state index in [1.807, 2.05) is 35.7 Å². The van der Waals surface area contributed by atoms with Crippen LogP contribution in [0.4, 0.5) is 0 Å². The van der Waals surface area contributed by atoms with Gasteiger partial charge in [0, 0.05) is 23.5 Å². The van der Waals surface area contributed by atoms with Crippen LogP contribution in [0.3, 0.4) is 0 Å². The molecule has 6 nitrogen and oxygen atoms in total. The van der Waals surface area contributed by atoms with Crippen molar-refractivity contribution in [3.05, 3.63) is 52.2 Å². The van der Waals surface area contributed by atoms with Crippen molar-refractivity contribution in [1.82, 2.24) is 15.1 Å². The van der Waals surface area contributed by atoms with Gasteiger partial charge in [-0.05, 0) is 56.3 Å². The Morgan fingerprint density at radius 3 is 2.66 bits per heavy atom. The van der Waals surface area contributed by atoms with Gasteiger partial charge in [0.25, 0.3) is 0 Å². The molecule has 1 N–H and O–H groups in total. The second kappa shape index (κ2) is 11.0. The van der Waals surface area contributed by atoms with Crippen LogP contribution >= 0.6 is 11.3 Å². The zero-order valence-electron chi connectivity index (χ0n) is 18.8. The Morgan fingerprint density at radius 2 is 1.91 bits per heavy atom. The van der Waals surface area contributed by atoms with Crippen molar-refractivity contribution in [3.8, 4) is 5.75 Å². The van der Waals surface area contributed by atoms with E-state index in [1.54, 1.807) is 23.3 Å². The number of hydrogen-bond acceptors (Lipinski definition) is 5. The molecule has 0 radical (unpaired) electrons. The smallest absolute Gasteiger partial charge is 0.242 e. The predicted molar refractivity (Wildman–Crippen MR) is 127 cm³/mol. The van der Waals surface area contributed by atoms with Gasteiger partial charge in [0.1, 0.15) is 11.8 Å². The summed E-state index contributed by atoms with van der Waals surface area (Å²) in [5.74, 6) is 0.854. The molecule has 1 aromatic heterocycles. The molecule has 4 rings (SSSR count). The molecule has 0 saturated carbocycles. The molecule has 0 spiro atoms. The molecule has 2 atom stereocenters. The molecular weight excluding hydrogens is 422 g/mol. The summed E-state index contributed by atoms with van der Waals surface area (Å²) in [6.45, 7) is 3.22. The van der Waals surface area contributed by atoms with Gasteiger partial charge in [0.15, 0.2) is 0 Å². The number of nitrogens with zero attached hydrogens (tertiary/aromatic N) is 2. The van der Waals surface area contributed by atoms with Crippen LogP contribution in [0.1, 0.15) is 48.6 Å². The number of nitrogens with one attached hydrogen (secondary N) is 1. The lowest BCUT2D eigenvalue weighted by Crippen LogP contribution is -2.48. The quantitative estimate of drug-likeness (QED) is 0.660. The molecule has 2 aliphatic heterocycles. The molecule has 172 valence electrons. The lowest BCUT2D eigenvalue weighted by molar-refractivity contribution is -0.138. The number of rotatable bonds is 8. The third-order valence-electron chi connectivity index (χ3n) is 6.58. The molecule has 0 bridgehead atoms. The van der Waals surface area contributed by atoms with E-state index in [0.717, 1.165) is 42.1 Å². The Balaban J connectivity index is 1.43. The highest BCUT2D eigenvalue weighted by Crippen LogP contribution is 2.31. The maximum Gasteiger partial charge on any atom is 0.242 e. The summed E-state index contributed by atoms with van der Waals surface area (Å²) in [5.41, 5.74) is 1.11. The zero-order chi connectivity index (χ0) is 22.3. The minimum Gasteiger partial charge on any atom is -0.496 e. The van der Waals surface area contributed by atoms with Crippen molar-refractivity contribution in [2.24, 2.45) is 0 Å². The Labute approximate surface area is 194 Å². The summed E-state index contributed by atoms with van der Waals surface area (Å²) >= 11 is 1.59. The number of carbonyl (C=O) groups excluding carboxylic acids is 2. The lowest BCUT2D eigenvalue weighted by Gasteiger charge is -2.36. The minimum absolute atomic E-state index is 0.0427. The van der Waals surface area contributed by atoms with Crippen molar-refractivity contribution < 1.29 is 14.3 Å². The van der Waals surface area contributed by atoms with Gasteiger partial charge in [-0.25, -0.2) is 0 Å². The van der Waals surface area contributed by atoms with Gasteiger partial charge in [-0.15, -0.1) is 11.3 Å². The normalized spacial score (nSPS) is 20.2. The first-order chi connectivity index (χ1) is 15.7. The van der Waals surface area contributed by atoms with Gasteiger partial charge >= 0.3 is 0 Å². The van der Waals surface area contributed by atoms with Crippen molar-refractivity contribution in [2.75, 3.05) is 33.3 Å². The molecule has 0 aliphatic carbocycles. The van der Waals surface area contributed by atoms with Crippen LogP contribution < -0.4 is 10.1 Å². The number of piperidine rings is 1. The standard InChI is InChI=1S/C25H33N3O3S/c1-31-23-12-4-3-10-20(23)22(27-13-5-2-6-14-27)18-26-25(30)21-11-7-15-28(21)24(29)17-19-9-8-16-32-19/h3-4,8-10,12,16,21-22H,2,5-7,11,13-15,17-18H2,1H3,(H,26,30). The highest BCUT2D eigenvalue weighted by molar-refractivity contribution is 7.10. The number of hydrogen-bond donors (Lipinski definition) is 1. The predicted octanol–water partition coefficient (Wildman–Crippen LogP) is 3.63. The van der Waals surface area contributed by atoms with Gasteiger partial charge in [0.2, 0.25) is 11.8 Å². The number of carbonyl (C=O) groups is 2. The van der Waals surface area contributed by atoms with Crippen molar-refractivity contribution >= 4 is 23.2 Å². The maximum absolute atomic E-state index is 13.2. The maximum atomic E-state index is 13.2. The Bertz CT molecular complexity index is 896. The summed E-state index contributed by atoms with van der Waals surface area (Å²) in [7, 11) is 1.69. The van der Waals surface area contributed by atoms with E-state index in [2.05, 4.69) is 16.3 Å². The number of methoxy groups -OCH3 is 1. The fraction of sp³-hybridized carbons (Fsp3) is 0.520. The highest BCUT2D eigenvalue weighted by Gasteiger charge is 2.35. The minimum atomic E-state index is -0.373. The Hall–Kier alpha value is -2.38. The number of ether oxygens (including phenoxy) is 1. The topological polar surface area (TPSA) is 61.9 Å². The van der Waals surface area contributed by atoms with E-state index in [9.17, 15) is 9.59 Å². The fourth-order valence-corrected chi connectivity index (χ4v) is 5.62. The van der Waals surface area contributed by atoms with Gasteiger partial charge in [0.05, 0.1) is 19.6 Å². The van der Waals surface area contributed by atoms with Crippen LogP contribution in [0.2, 0.25) is 0 Å². The van der Waals surface area contributed by atoms with Crippen LogP contribution in [0.25, 0.3) is 0 Å².